The first-order valence-electron chi connectivity index (χ1n) is 9.99. The lowest BCUT2D eigenvalue weighted by Gasteiger charge is -2.20. The average molecular weight is 445 g/mol. The summed E-state index contributed by atoms with van der Waals surface area (Å²) in [6, 6.07) is 10.1. The molecule has 1 aliphatic carbocycles. The maximum atomic E-state index is 12.2. The molecule has 0 aromatic heterocycles. The molecule has 0 atom stereocenters. The molecule has 9 heteroatoms. The summed E-state index contributed by atoms with van der Waals surface area (Å²) in [5.41, 5.74) is 1.54. The first-order chi connectivity index (χ1) is 14.9. The van der Waals surface area contributed by atoms with E-state index in [2.05, 4.69) is 10.0 Å². The molecule has 31 heavy (non-hydrogen) atoms. The summed E-state index contributed by atoms with van der Waals surface area (Å²) in [7, 11) is -1.93. The fraction of sp³-hybridized carbons (Fsp3) is 0.318. The number of fused-ring (bicyclic) bond motifs is 1. The fourth-order valence-electron chi connectivity index (χ4n) is 3.08. The van der Waals surface area contributed by atoms with Crippen molar-refractivity contribution in [2.45, 2.75) is 30.3 Å². The Morgan fingerprint density at radius 2 is 1.90 bits per heavy atom. The smallest absolute Gasteiger partial charge is 0.244 e. The van der Waals surface area contributed by atoms with E-state index in [9.17, 15) is 13.2 Å². The lowest BCUT2D eigenvalue weighted by Crippen LogP contribution is -2.25. The van der Waals surface area contributed by atoms with Gasteiger partial charge >= 0.3 is 0 Å². The molecule has 1 amide bonds. The van der Waals surface area contributed by atoms with Gasteiger partial charge in [-0.3, -0.25) is 4.79 Å². The third-order valence-electron chi connectivity index (χ3n) is 4.88. The molecule has 1 fully saturated rings. The summed E-state index contributed by atoms with van der Waals surface area (Å²) in [5, 5.41) is 2.78. The first kappa shape index (κ1) is 21.2. The molecule has 2 aromatic carbocycles. The number of benzene rings is 2. The van der Waals surface area contributed by atoms with Crippen molar-refractivity contribution >= 4 is 22.0 Å². The predicted octanol–water partition coefficient (Wildman–Crippen LogP) is 2.24. The van der Waals surface area contributed by atoms with Crippen LogP contribution in [-0.2, 0) is 21.4 Å². The number of sulfonamides is 1. The number of hydrogen-bond donors (Lipinski definition) is 2. The van der Waals surface area contributed by atoms with Gasteiger partial charge in [0.15, 0.2) is 11.5 Å². The van der Waals surface area contributed by atoms with Gasteiger partial charge in [0.1, 0.15) is 13.2 Å². The summed E-state index contributed by atoms with van der Waals surface area (Å²) in [6.07, 6.45) is 4.85. The van der Waals surface area contributed by atoms with Crippen molar-refractivity contribution in [2.24, 2.45) is 0 Å². The van der Waals surface area contributed by atoms with E-state index in [4.69, 9.17) is 14.2 Å². The molecule has 0 unspecified atom stereocenters. The van der Waals surface area contributed by atoms with Crippen LogP contribution in [-0.4, -0.2) is 40.7 Å². The third kappa shape index (κ3) is 5.36. The SMILES string of the molecule is COc1cc(C=CC(=O)NCc2ccc(S(=O)(=O)NC3CC3)cc2)cc2c1OCCO2. The van der Waals surface area contributed by atoms with Crippen LogP contribution in [0, 0.1) is 0 Å². The number of carbonyl (C=O) groups is 1. The van der Waals surface area contributed by atoms with Crippen LogP contribution in [0.15, 0.2) is 47.4 Å². The number of amides is 1. The molecule has 4 rings (SSSR count). The number of carbonyl (C=O) groups excluding carboxylic acids is 1. The minimum Gasteiger partial charge on any atom is -0.493 e. The van der Waals surface area contributed by atoms with Gasteiger partial charge in [0.2, 0.25) is 21.7 Å². The van der Waals surface area contributed by atoms with E-state index in [1.165, 1.54) is 6.08 Å². The van der Waals surface area contributed by atoms with Gasteiger partial charge in [-0.1, -0.05) is 12.1 Å². The predicted molar refractivity (Wildman–Crippen MR) is 115 cm³/mol. The zero-order valence-electron chi connectivity index (χ0n) is 17.1. The van der Waals surface area contributed by atoms with Crippen LogP contribution in [0.3, 0.4) is 0 Å². The minimum absolute atomic E-state index is 0.0601. The highest BCUT2D eigenvalue weighted by atomic mass is 32.2. The van der Waals surface area contributed by atoms with E-state index < -0.39 is 10.0 Å². The van der Waals surface area contributed by atoms with Crippen LogP contribution >= 0.6 is 0 Å². The van der Waals surface area contributed by atoms with Crippen molar-refractivity contribution in [2.75, 3.05) is 20.3 Å². The molecule has 2 aromatic rings. The molecule has 0 saturated heterocycles. The van der Waals surface area contributed by atoms with Crippen molar-refractivity contribution in [3.63, 3.8) is 0 Å². The highest BCUT2D eigenvalue weighted by Crippen LogP contribution is 2.40. The monoisotopic (exact) mass is 444 g/mol. The molecule has 8 nitrogen and oxygen atoms in total. The minimum atomic E-state index is -3.47. The van der Waals surface area contributed by atoms with Crippen molar-refractivity contribution in [3.8, 4) is 17.2 Å². The number of rotatable bonds is 8. The average Bonchev–Trinajstić information content (AvgIpc) is 3.59. The molecule has 2 N–H and O–H groups in total. The van der Waals surface area contributed by atoms with E-state index in [0.717, 1.165) is 24.0 Å². The van der Waals surface area contributed by atoms with E-state index in [-0.39, 0.29) is 23.4 Å². The third-order valence-corrected chi connectivity index (χ3v) is 6.41. The number of methoxy groups -OCH3 is 1. The van der Waals surface area contributed by atoms with E-state index in [1.807, 2.05) is 0 Å². The Hall–Kier alpha value is -3.04. The van der Waals surface area contributed by atoms with Gasteiger partial charge in [0.05, 0.1) is 12.0 Å². The summed E-state index contributed by atoms with van der Waals surface area (Å²) >= 11 is 0. The molecule has 0 spiro atoms. The van der Waals surface area contributed by atoms with E-state index in [0.29, 0.717) is 30.5 Å². The lowest BCUT2D eigenvalue weighted by molar-refractivity contribution is -0.116. The van der Waals surface area contributed by atoms with Crippen molar-refractivity contribution in [1.82, 2.24) is 10.0 Å². The number of nitrogens with one attached hydrogen (secondary N) is 2. The molecule has 1 aliphatic heterocycles. The second-order valence-corrected chi connectivity index (χ2v) is 9.05. The Balaban J connectivity index is 1.34. The van der Waals surface area contributed by atoms with Crippen LogP contribution in [0.5, 0.6) is 17.2 Å². The first-order valence-corrected chi connectivity index (χ1v) is 11.5. The standard InChI is InChI=1S/C22H24N2O6S/c1-28-19-12-16(13-20-22(19)30-11-10-29-20)4-9-21(25)23-14-15-2-7-18(8-3-15)31(26,27)24-17-5-6-17/h2-4,7-9,12-13,17,24H,5-6,10-11,14H2,1H3,(H,23,25). The summed E-state index contributed by atoms with van der Waals surface area (Å²) in [4.78, 5) is 12.4. The van der Waals surface area contributed by atoms with Crippen LogP contribution in [0.1, 0.15) is 24.0 Å². The van der Waals surface area contributed by atoms with Gasteiger partial charge in [0, 0.05) is 18.7 Å². The molecule has 1 heterocycles. The molecule has 2 aliphatic rings. The normalized spacial score (nSPS) is 15.6. The second kappa shape index (κ2) is 8.99. The van der Waals surface area contributed by atoms with Gasteiger partial charge in [-0.15, -0.1) is 0 Å². The van der Waals surface area contributed by atoms with Gasteiger partial charge in [-0.05, 0) is 54.3 Å². The Morgan fingerprint density at radius 3 is 2.61 bits per heavy atom. The maximum Gasteiger partial charge on any atom is 0.244 e. The summed E-state index contributed by atoms with van der Waals surface area (Å²) < 4.78 is 43.5. The Kier molecular flexibility index (Phi) is 6.15. The zero-order valence-corrected chi connectivity index (χ0v) is 17.9. The van der Waals surface area contributed by atoms with E-state index >= 15 is 0 Å². The van der Waals surface area contributed by atoms with Crippen LogP contribution in [0.4, 0.5) is 0 Å². The van der Waals surface area contributed by atoms with Crippen LogP contribution in [0.25, 0.3) is 6.08 Å². The van der Waals surface area contributed by atoms with Crippen molar-refractivity contribution in [1.29, 1.82) is 0 Å². The quantitative estimate of drug-likeness (QED) is 0.606. The van der Waals surface area contributed by atoms with Gasteiger partial charge in [-0.25, -0.2) is 13.1 Å². The molecule has 164 valence electrons. The second-order valence-electron chi connectivity index (χ2n) is 7.34. The highest BCUT2D eigenvalue weighted by Gasteiger charge is 2.27. The summed E-state index contributed by atoms with van der Waals surface area (Å²) in [6.45, 7) is 1.20. The molecular formula is C22H24N2O6S. The highest BCUT2D eigenvalue weighted by molar-refractivity contribution is 7.89. The van der Waals surface area contributed by atoms with Crippen LogP contribution in [0.2, 0.25) is 0 Å². The van der Waals surface area contributed by atoms with E-state index in [1.54, 1.807) is 49.6 Å². The number of ether oxygens (including phenoxy) is 3. The zero-order chi connectivity index (χ0) is 21.8. The van der Waals surface area contributed by atoms with Gasteiger partial charge < -0.3 is 19.5 Å². The Labute approximate surface area is 181 Å². The molecule has 1 saturated carbocycles. The van der Waals surface area contributed by atoms with Gasteiger partial charge in [-0.2, -0.15) is 0 Å². The van der Waals surface area contributed by atoms with Crippen molar-refractivity contribution < 1.29 is 27.4 Å². The Bertz CT molecular complexity index is 1070. The maximum absolute atomic E-state index is 12.2. The lowest BCUT2D eigenvalue weighted by atomic mass is 10.1. The topological polar surface area (TPSA) is 103 Å². The van der Waals surface area contributed by atoms with Gasteiger partial charge in [0.25, 0.3) is 0 Å². The Morgan fingerprint density at radius 1 is 1.16 bits per heavy atom. The molecule has 0 radical (unpaired) electrons. The fourth-order valence-corrected chi connectivity index (χ4v) is 4.39. The number of hydrogen-bond acceptors (Lipinski definition) is 6. The van der Waals surface area contributed by atoms with Crippen LogP contribution < -0.4 is 24.2 Å². The molecular weight excluding hydrogens is 420 g/mol. The van der Waals surface area contributed by atoms with Crippen molar-refractivity contribution in [3.05, 3.63) is 53.6 Å². The largest absolute Gasteiger partial charge is 0.493 e. The summed E-state index contributed by atoms with van der Waals surface area (Å²) in [5.74, 6) is 1.41. The molecule has 0 bridgehead atoms.